The molecule has 1 N–H and O–H groups in total. The van der Waals surface area contributed by atoms with Gasteiger partial charge in [0, 0.05) is 24.8 Å². The van der Waals surface area contributed by atoms with Gasteiger partial charge in [0.25, 0.3) is 0 Å². The highest BCUT2D eigenvalue weighted by Crippen LogP contribution is 2.10. The fraction of sp³-hybridized carbons (Fsp3) is 0.562. The van der Waals surface area contributed by atoms with E-state index in [-0.39, 0.29) is 6.61 Å². The number of aromatic nitrogens is 1. The Morgan fingerprint density at radius 2 is 2.10 bits per heavy atom. The van der Waals surface area contributed by atoms with Crippen molar-refractivity contribution in [2.75, 3.05) is 26.4 Å². The maximum absolute atomic E-state index is 8.66. The molecular formula is C16H23NO3. The molecule has 20 heavy (non-hydrogen) atoms. The molecule has 1 heterocycles. The van der Waals surface area contributed by atoms with E-state index in [0.29, 0.717) is 31.3 Å². The molecule has 0 amide bonds. The summed E-state index contributed by atoms with van der Waals surface area (Å²) >= 11 is 0. The Bertz CT molecular complexity index is 435. The van der Waals surface area contributed by atoms with Crippen LogP contribution in [-0.2, 0) is 4.74 Å². The van der Waals surface area contributed by atoms with Crippen molar-refractivity contribution in [2.45, 2.75) is 26.7 Å². The van der Waals surface area contributed by atoms with Gasteiger partial charge < -0.3 is 14.6 Å². The summed E-state index contributed by atoms with van der Waals surface area (Å²) < 4.78 is 11.0. The van der Waals surface area contributed by atoms with Gasteiger partial charge in [-0.1, -0.05) is 25.7 Å². The number of hydrogen-bond acceptors (Lipinski definition) is 4. The van der Waals surface area contributed by atoms with E-state index in [9.17, 15) is 0 Å². The molecule has 0 unspecified atom stereocenters. The molecule has 1 aromatic heterocycles. The molecule has 4 heteroatoms. The summed E-state index contributed by atoms with van der Waals surface area (Å²) in [5.41, 5.74) is 0.789. The van der Waals surface area contributed by atoms with Crippen molar-refractivity contribution in [3.63, 3.8) is 0 Å². The minimum Gasteiger partial charge on any atom is -0.490 e. The Morgan fingerprint density at radius 3 is 2.85 bits per heavy atom. The summed E-state index contributed by atoms with van der Waals surface area (Å²) in [5, 5.41) is 8.66. The van der Waals surface area contributed by atoms with Crippen LogP contribution in [0.4, 0.5) is 0 Å². The number of pyridine rings is 1. The predicted molar refractivity (Wildman–Crippen MR) is 78.6 cm³/mol. The summed E-state index contributed by atoms with van der Waals surface area (Å²) in [6.45, 7) is 6.28. The van der Waals surface area contributed by atoms with E-state index < -0.39 is 0 Å². The van der Waals surface area contributed by atoms with Crippen molar-refractivity contribution in [1.82, 2.24) is 4.98 Å². The van der Waals surface area contributed by atoms with Gasteiger partial charge in [-0.2, -0.15) is 0 Å². The fourth-order valence-electron chi connectivity index (χ4n) is 1.43. The Hall–Kier alpha value is -1.57. The first-order chi connectivity index (χ1) is 9.72. The van der Waals surface area contributed by atoms with Gasteiger partial charge in [-0.25, -0.2) is 0 Å². The highest BCUT2D eigenvalue weighted by atomic mass is 16.5. The van der Waals surface area contributed by atoms with Gasteiger partial charge in [-0.3, -0.25) is 4.98 Å². The third-order valence-electron chi connectivity index (χ3n) is 2.52. The quantitative estimate of drug-likeness (QED) is 0.585. The smallest absolute Gasteiger partial charge is 0.138 e. The summed E-state index contributed by atoms with van der Waals surface area (Å²) in [5.74, 6) is 7.13. The summed E-state index contributed by atoms with van der Waals surface area (Å²) in [6.07, 6.45) is 4.87. The van der Waals surface area contributed by atoms with E-state index in [2.05, 4.69) is 30.7 Å². The second-order valence-electron chi connectivity index (χ2n) is 4.83. The Labute approximate surface area is 121 Å². The lowest BCUT2D eigenvalue weighted by Gasteiger charge is -2.08. The summed E-state index contributed by atoms with van der Waals surface area (Å²) in [6, 6.07) is 1.84. The second kappa shape index (κ2) is 10.2. The first-order valence-electron chi connectivity index (χ1n) is 6.97. The largest absolute Gasteiger partial charge is 0.490 e. The molecule has 110 valence electrons. The van der Waals surface area contributed by atoms with Crippen molar-refractivity contribution in [2.24, 2.45) is 5.92 Å². The average Bonchev–Trinajstić information content (AvgIpc) is 2.43. The van der Waals surface area contributed by atoms with E-state index in [4.69, 9.17) is 14.6 Å². The van der Waals surface area contributed by atoms with E-state index in [1.54, 1.807) is 12.4 Å². The lowest BCUT2D eigenvalue weighted by molar-refractivity contribution is 0.0924. The molecule has 0 atom stereocenters. The first kappa shape index (κ1) is 16.5. The number of nitrogens with zero attached hydrogens (tertiary/aromatic N) is 1. The normalized spacial score (nSPS) is 10.2. The van der Waals surface area contributed by atoms with Crippen LogP contribution in [0.5, 0.6) is 5.75 Å². The van der Waals surface area contributed by atoms with Crippen LogP contribution in [0.1, 0.15) is 32.3 Å². The van der Waals surface area contributed by atoms with Crippen molar-refractivity contribution in [3.05, 3.63) is 24.0 Å². The van der Waals surface area contributed by atoms with Gasteiger partial charge in [0.05, 0.1) is 19.4 Å². The van der Waals surface area contributed by atoms with Gasteiger partial charge in [0.1, 0.15) is 12.4 Å². The summed E-state index contributed by atoms with van der Waals surface area (Å²) in [4.78, 5) is 4.07. The monoisotopic (exact) mass is 277 g/mol. The first-order valence-corrected chi connectivity index (χ1v) is 6.97. The van der Waals surface area contributed by atoms with Crippen molar-refractivity contribution < 1.29 is 14.6 Å². The van der Waals surface area contributed by atoms with Crippen molar-refractivity contribution in [3.8, 4) is 17.6 Å². The van der Waals surface area contributed by atoms with Gasteiger partial charge in [-0.15, -0.1) is 0 Å². The van der Waals surface area contributed by atoms with Gasteiger partial charge >= 0.3 is 0 Å². The Balaban J connectivity index is 2.27. The number of ether oxygens (including phenoxy) is 2. The molecule has 0 aliphatic rings. The minimum absolute atomic E-state index is 0.0737. The van der Waals surface area contributed by atoms with E-state index >= 15 is 0 Å². The third kappa shape index (κ3) is 7.78. The molecule has 1 rings (SSSR count). The molecule has 0 saturated carbocycles. The molecule has 0 fully saturated rings. The second-order valence-corrected chi connectivity index (χ2v) is 4.83. The highest BCUT2D eigenvalue weighted by molar-refractivity contribution is 5.36. The zero-order valence-corrected chi connectivity index (χ0v) is 12.3. The van der Waals surface area contributed by atoms with Gasteiger partial charge in [0.2, 0.25) is 0 Å². The molecule has 0 saturated heterocycles. The van der Waals surface area contributed by atoms with E-state index in [1.807, 2.05) is 6.07 Å². The van der Waals surface area contributed by atoms with Crippen LogP contribution in [0.15, 0.2) is 18.5 Å². The molecule has 4 nitrogen and oxygen atoms in total. The Morgan fingerprint density at radius 1 is 1.25 bits per heavy atom. The van der Waals surface area contributed by atoms with Crippen molar-refractivity contribution in [1.29, 1.82) is 0 Å². The minimum atomic E-state index is 0.0737. The van der Waals surface area contributed by atoms with E-state index in [1.165, 1.54) is 0 Å². The van der Waals surface area contributed by atoms with Crippen LogP contribution < -0.4 is 4.74 Å². The van der Waals surface area contributed by atoms with Gasteiger partial charge in [0.15, 0.2) is 0 Å². The molecular weight excluding hydrogens is 254 g/mol. The topological polar surface area (TPSA) is 51.6 Å². The maximum Gasteiger partial charge on any atom is 0.138 e. The van der Waals surface area contributed by atoms with Crippen LogP contribution in [0.25, 0.3) is 0 Å². The zero-order chi connectivity index (χ0) is 14.6. The molecule has 0 spiro atoms. The number of aliphatic hydroxyl groups is 1. The van der Waals surface area contributed by atoms with Crippen LogP contribution in [-0.4, -0.2) is 36.5 Å². The lowest BCUT2D eigenvalue weighted by atomic mass is 10.1. The standard InChI is InChI=1S/C16H23NO3/c1-14(2)6-8-19-9-10-20-16-11-15(12-17-13-16)5-3-4-7-18/h11-14,18H,4,6-10H2,1-2H3. The average molecular weight is 277 g/mol. The summed E-state index contributed by atoms with van der Waals surface area (Å²) in [7, 11) is 0. The number of aliphatic hydroxyl groups excluding tert-OH is 1. The van der Waals surface area contributed by atoms with Crippen LogP contribution in [0, 0.1) is 17.8 Å². The van der Waals surface area contributed by atoms with Crippen molar-refractivity contribution >= 4 is 0 Å². The van der Waals surface area contributed by atoms with Crippen LogP contribution in [0.3, 0.4) is 0 Å². The van der Waals surface area contributed by atoms with Crippen LogP contribution in [0.2, 0.25) is 0 Å². The highest BCUT2D eigenvalue weighted by Gasteiger charge is 1.97. The lowest BCUT2D eigenvalue weighted by Crippen LogP contribution is -2.08. The van der Waals surface area contributed by atoms with E-state index in [0.717, 1.165) is 18.6 Å². The number of hydrogen-bond donors (Lipinski definition) is 1. The SMILES string of the molecule is CC(C)CCOCCOc1cncc(C#CCCO)c1. The number of rotatable bonds is 8. The van der Waals surface area contributed by atoms with Gasteiger partial charge in [-0.05, 0) is 18.4 Å². The molecule has 0 aliphatic carbocycles. The van der Waals surface area contributed by atoms with Crippen LogP contribution >= 0.6 is 0 Å². The maximum atomic E-state index is 8.66. The Kier molecular flexibility index (Phi) is 8.44. The molecule has 0 aliphatic heterocycles. The molecule has 0 radical (unpaired) electrons. The zero-order valence-electron chi connectivity index (χ0n) is 12.3. The fourth-order valence-corrected chi connectivity index (χ4v) is 1.43. The third-order valence-corrected chi connectivity index (χ3v) is 2.52. The molecule has 0 aromatic carbocycles. The molecule has 1 aromatic rings. The predicted octanol–water partition coefficient (Wildman–Crippen LogP) is 2.26. The molecule has 0 bridgehead atoms.